The van der Waals surface area contributed by atoms with Crippen LogP contribution in [0.4, 0.5) is 4.39 Å². The molecule has 0 heterocycles. The van der Waals surface area contributed by atoms with Crippen molar-refractivity contribution in [2.45, 2.75) is 31.0 Å². The molecule has 0 bridgehead atoms. The van der Waals surface area contributed by atoms with Gasteiger partial charge in [0.1, 0.15) is 23.2 Å². The molecule has 1 saturated carbocycles. The third kappa shape index (κ3) is 2.93. The van der Waals surface area contributed by atoms with Gasteiger partial charge in [-0.1, -0.05) is 18.2 Å². The molecule has 8 nitrogen and oxygen atoms in total. The number of hydrogen-bond acceptors (Lipinski definition) is 7. The molecular weight excluding hydrogens is 445 g/mol. The molecule has 2 unspecified atom stereocenters. The highest BCUT2D eigenvalue weighted by Crippen LogP contribution is 2.52. The molecule has 0 aromatic heterocycles. The zero-order valence-corrected chi connectivity index (χ0v) is 17.9. The minimum absolute atomic E-state index is 0.0728. The van der Waals surface area contributed by atoms with Crippen LogP contribution in [0.2, 0.25) is 0 Å². The molecule has 6 N–H and O–H groups in total. The molecule has 1 amide bonds. The number of aliphatic hydroxyl groups is 3. The lowest BCUT2D eigenvalue weighted by molar-refractivity contribution is -0.167. The van der Waals surface area contributed by atoms with Crippen LogP contribution in [-0.2, 0) is 16.0 Å². The third-order valence-electron chi connectivity index (χ3n) is 7.43. The van der Waals surface area contributed by atoms with E-state index in [-0.39, 0.29) is 36.1 Å². The van der Waals surface area contributed by atoms with Gasteiger partial charge in [-0.2, -0.15) is 0 Å². The number of halogens is 1. The number of amides is 1. The highest BCUT2D eigenvalue weighted by molar-refractivity contribution is 6.16. The number of phenols is 1. The monoisotopic (exact) mass is 467 g/mol. The van der Waals surface area contributed by atoms with Crippen LogP contribution in [0.3, 0.4) is 0 Å². The number of primary amides is 1. The van der Waals surface area contributed by atoms with E-state index in [1.807, 2.05) is 0 Å². The van der Waals surface area contributed by atoms with Crippen molar-refractivity contribution in [1.29, 1.82) is 0 Å². The van der Waals surface area contributed by atoms with E-state index in [2.05, 4.69) is 0 Å². The van der Waals surface area contributed by atoms with Gasteiger partial charge in [-0.25, -0.2) is 4.39 Å². The van der Waals surface area contributed by atoms with E-state index in [1.54, 1.807) is 18.2 Å². The number of nitrogens with two attached hydrogens (primary N) is 1. The van der Waals surface area contributed by atoms with Crippen LogP contribution in [0.25, 0.3) is 11.1 Å². The standard InChI is InChI=1S/C25H22FNO7/c26-13-3-1-10(2-4-13)14-5-6-16(28)19-15(14)8-11-7-12-9-17(29)20(24(27)33)23(32)25(12,34)22(31)18(11)21(19)30/h1-6,11-12,17,20,28-29,31,34H,7-9H2,(H2,27,33)/t11-,12+,17?,20?,25+/m1/s1. The van der Waals surface area contributed by atoms with Crippen molar-refractivity contribution in [1.82, 2.24) is 0 Å². The molecule has 0 aliphatic heterocycles. The molecule has 2 aromatic rings. The minimum atomic E-state index is -2.54. The molecule has 3 aliphatic rings. The van der Waals surface area contributed by atoms with E-state index in [1.165, 1.54) is 18.2 Å². The number of Topliss-reactive ketones (excluding diaryl/α,β-unsaturated/α-hetero) is 2. The van der Waals surface area contributed by atoms with Gasteiger partial charge in [-0.3, -0.25) is 14.4 Å². The number of phenolic OH excluding ortho intramolecular Hbond substituents is 1. The highest BCUT2D eigenvalue weighted by atomic mass is 19.1. The first-order valence-corrected chi connectivity index (χ1v) is 10.9. The maximum atomic E-state index is 13.5. The molecule has 9 heteroatoms. The molecule has 1 fully saturated rings. The minimum Gasteiger partial charge on any atom is -0.508 e. The molecule has 176 valence electrons. The van der Waals surface area contributed by atoms with Crippen LogP contribution in [0, 0.1) is 23.6 Å². The second kappa shape index (κ2) is 7.48. The van der Waals surface area contributed by atoms with Crippen molar-refractivity contribution < 1.29 is 39.2 Å². The molecule has 5 atom stereocenters. The Kier molecular flexibility index (Phi) is 4.89. The van der Waals surface area contributed by atoms with E-state index in [4.69, 9.17) is 5.73 Å². The average Bonchev–Trinajstić information content (AvgIpc) is 2.77. The smallest absolute Gasteiger partial charge is 0.230 e. The molecule has 34 heavy (non-hydrogen) atoms. The quantitative estimate of drug-likeness (QED) is 0.419. The lowest BCUT2D eigenvalue weighted by Crippen LogP contribution is -2.63. The molecule has 2 aromatic carbocycles. The summed E-state index contributed by atoms with van der Waals surface area (Å²) < 4.78 is 13.4. The summed E-state index contributed by atoms with van der Waals surface area (Å²) in [5.74, 6) is -7.92. The first-order valence-electron chi connectivity index (χ1n) is 10.9. The number of allylic oxidation sites excluding steroid dienone is 1. The molecule has 0 spiro atoms. The molecular formula is C25H22FNO7. The first-order chi connectivity index (χ1) is 16.1. The summed E-state index contributed by atoms with van der Waals surface area (Å²) in [6, 6.07) is 8.60. The van der Waals surface area contributed by atoms with Crippen LogP contribution in [-0.4, -0.2) is 49.6 Å². The number of fused-ring (bicyclic) bond motifs is 3. The van der Waals surface area contributed by atoms with E-state index in [0.29, 0.717) is 16.7 Å². The largest absolute Gasteiger partial charge is 0.508 e. The Labute approximate surface area is 193 Å². The summed E-state index contributed by atoms with van der Waals surface area (Å²) in [4.78, 5) is 38.3. The maximum Gasteiger partial charge on any atom is 0.230 e. The van der Waals surface area contributed by atoms with Crippen LogP contribution in [0.1, 0.15) is 28.8 Å². The number of benzene rings is 2. The Hall–Kier alpha value is -3.56. The Morgan fingerprint density at radius 3 is 2.38 bits per heavy atom. The van der Waals surface area contributed by atoms with Gasteiger partial charge < -0.3 is 26.2 Å². The Morgan fingerprint density at radius 2 is 1.74 bits per heavy atom. The SMILES string of the molecule is NC(=O)C1C(=O)[C@@]2(O)C(O)=C3C(=O)c4c(O)ccc(-c5ccc(F)cc5)c4C[C@H]3C[C@H]2CC1O. The molecule has 5 rings (SSSR count). The number of carbonyl (C=O) groups is 3. The Balaban J connectivity index is 1.67. The second-order valence-electron chi connectivity index (χ2n) is 9.23. The van der Waals surface area contributed by atoms with Gasteiger partial charge in [0.2, 0.25) is 5.91 Å². The second-order valence-corrected chi connectivity index (χ2v) is 9.23. The van der Waals surface area contributed by atoms with Crippen molar-refractivity contribution in [2.24, 2.45) is 23.5 Å². The van der Waals surface area contributed by atoms with Crippen LogP contribution in [0.15, 0.2) is 47.7 Å². The van der Waals surface area contributed by atoms with Gasteiger partial charge in [0.05, 0.1) is 11.7 Å². The van der Waals surface area contributed by atoms with Crippen molar-refractivity contribution in [2.75, 3.05) is 0 Å². The topological polar surface area (TPSA) is 158 Å². The van der Waals surface area contributed by atoms with Crippen LogP contribution < -0.4 is 5.73 Å². The number of hydrogen-bond donors (Lipinski definition) is 5. The van der Waals surface area contributed by atoms with Crippen LogP contribution in [0.5, 0.6) is 5.75 Å². The van der Waals surface area contributed by atoms with Gasteiger partial charge >= 0.3 is 0 Å². The average molecular weight is 467 g/mol. The number of carbonyl (C=O) groups excluding carboxylic acids is 3. The van der Waals surface area contributed by atoms with Crippen molar-refractivity contribution in [3.63, 3.8) is 0 Å². The third-order valence-corrected chi connectivity index (χ3v) is 7.43. The van der Waals surface area contributed by atoms with E-state index < -0.39 is 58.5 Å². The summed E-state index contributed by atoms with van der Waals surface area (Å²) in [6.45, 7) is 0. The zero-order valence-electron chi connectivity index (χ0n) is 17.9. The van der Waals surface area contributed by atoms with E-state index in [9.17, 15) is 39.2 Å². The summed E-state index contributed by atoms with van der Waals surface area (Å²) in [5.41, 5.74) is 4.16. The number of aromatic hydroxyl groups is 1. The van der Waals surface area contributed by atoms with Crippen molar-refractivity contribution in [3.05, 3.63) is 64.7 Å². The molecule has 0 radical (unpaired) electrons. The fourth-order valence-corrected chi connectivity index (χ4v) is 5.83. The number of aliphatic hydroxyl groups excluding tert-OH is 2. The molecule has 0 saturated heterocycles. The van der Waals surface area contributed by atoms with Gasteiger partial charge in [-0.05, 0) is 60.1 Å². The van der Waals surface area contributed by atoms with Gasteiger partial charge in [0.25, 0.3) is 0 Å². The Bertz CT molecular complexity index is 1280. The summed E-state index contributed by atoms with van der Waals surface area (Å²) in [7, 11) is 0. The maximum absolute atomic E-state index is 13.5. The Morgan fingerprint density at radius 1 is 1.06 bits per heavy atom. The fourth-order valence-electron chi connectivity index (χ4n) is 5.83. The lowest BCUT2D eigenvalue weighted by atomic mass is 9.57. The predicted molar refractivity (Wildman–Crippen MR) is 116 cm³/mol. The number of rotatable bonds is 2. The van der Waals surface area contributed by atoms with Gasteiger partial charge in [-0.15, -0.1) is 0 Å². The predicted octanol–water partition coefficient (Wildman–Crippen LogP) is 1.55. The van der Waals surface area contributed by atoms with Gasteiger partial charge in [0, 0.05) is 11.5 Å². The summed E-state index contributed by atoms with van der Waals surface area (Å²) in [5, 5.41) is 43.2. The first kappa shape index (κ1) is 22.2. The zero-order chi connectivity index (χ0) is 24.5. The summed E-state index contributed by atoms with van der Waals surface area (Å²) >= 11 is 0. The normalized spacial score (nSPS) is 30.4. The van der Waals surface area contributed by atoms with E-state index in [0.717, 1.165) is 0 Å². The highest BCUT2D eigenvalue weighted by Gasteiger charge is 2.62. The van der Waals surface area contributed by atoms with E-state index >= 15 is 0 Å². The van der Waals surface area contributed by atoms with Crippen LogP contribution >= 0.6 is 0 Å². The van der Waals surface area contributed by atoms with Gasteiger partial charge in [0.15, 0.2) is 17.2 Å². The van der Waals surface area contributed by atoms with Crippen molar-refractivity contribution in [3.8, 4) is 16.9 Å². The lowest BCUT2D eigenvalue weighted by Gasteiger charge is -2.48. The fraction of sp³-hybridized carbons (Fsp3) is 0.320. The molecule has 3 aliphatic carbocycles. The van der Waals surface area contributed by atoms with Crippen molar-refractivity contribution >= 4 is 17.5 Å². The summed E-state index contributed by atoms with van der Waals surface area (Å²) in [6.07, 6.45) is -1.32. The number of ketones is 2.